The number of aliphatic hydroxyl groups is 1. The van der Waals surface area contributed by atoms with E-state index in [0.717, 1.165) is 25.0 Å². The predicted molar refractivity (Wildman–Crippen MR) is 69.0 cm³/mol. The van der Waals surface area contributed by atoms with E-state index >= 15 is 0 Å². The van der Waals surface area contributed by atoms with E-state index in [1.54, 1.807) is 12.1 Å². The first kappa shape index (κ1) is 14.0. The van der Waals surface area contributed by atoms with Crippen LogP contribution in [0.2, 0.25) is 0 Å². The van der Waals surface area contributed by atoms with E-state index in [9.17, 15) is 4.39 Å². The monoisotopic (exact) mass is 264 g/mol. The van der Waals surface area contributed by atoms with Crippen LogP contribution in [0.25, 0.3) is 0 Å². The van der Waals surface area contributed by atoms with Crippen molar-refractivity contribution in [2.75, 3.05) is 19.8 Å². The topological polar surface area (TPSA) is 38.7 Å². The van der Waals surface area contributed by atoms with Gasteiger partial charge in [-0.25, -0.2) is 4.39 Å². The molecule has 0 aromatic heterocycles. The number of ether oxygens (including phenoxy) is 2. The maximum Gasteiger partial charge on any atom is 0.138 e. The van der Waals surface area contributed by atoms with Crippen LogP contribution in [-0.4, -0.2) is 31.0 Å². The summed E-state index contributed by atoms with van der Waals surface area (Å²) in [6.07, 6.45) is 2.32. The second-order valence-electron chi connectivity index (χ2n) is 4.42. The van der Waals surface area contributed by atoms with Gasteiger partial charge in [0.15, 0.2) is 0 Å². The summed E-state index contributed by atoms with van der Waals surface area (Å²) in [4.78, 5) is 0. The lowest BCUT2D eigenvalue weighted by atomic mass is 10.1. The quantitative estimate of drug-likeness (QED) is 0.844. The zero-order valence-electron chi connectivity index (χ0n) is 10.7. The molecule has 102 valence electrons. The summed E-state index contributed by atoms with van der Waals surface area (Å²) in [5, 5.41) is 8.62. The molecule has 0 radical (unpaired) electrons. The van der Waals surface area contributed by atoms with Crippen LogP contribution in [0.1, 0.15) is 24.0 Å². The van der Waals surface area contributed by atoms with Gasteiger partial charge in [0.1, 0.15) is 12.4 Å². The largest absolute Gasteiger partial charge is 0.384 e. The van der Waals surface area contributed by atoms with Gasteiger partial charge in [-0.05, 0) is 30.5 Å². The minimum absolute atomic E-state index is 0.189. The number of halogens is 1. The number of aliphatic hydroxyl groups excluding tert-OH is 1. The smallest absolute Gasteiger partial charge is 0.138 e. The maximum absolute atomic E-state index is 13.4. The van der Waals surface area contributed by atoms with Crippen molar-refractivity contribution in [3.05, 3.63) is 35.1 Å². The molecule has 1 aliphatic heterocycles. The molecular weight excluding hydrogens is 247 g/mol. The number of hydrogen-bond donors (Lipinski definition) is 1. The Morgan fingerprint density at radius 1 is 1.47 bits per heavy atom. The van der Waals surface area contributed by atoms with Crippen LogP contribution in [0.4, 0.5) is 4.39 Å². The van der Waals surface area contributed by atoms with Gasteiger partial charge in [-0.2, -0.15) is 0 Å². The molecule has 0 saturated carbocycles. The molecule has 1 fully saturated rings. The summed E-state index contributed by atoms with van der Waals surface area (Å²) in [7, 11) is 0. The molecule has 2 rings (SSSR count). The van der Waals surface area contributed by atoms with Crippen molar-refractivity contribution in [2.24, 2.45) is 0 Å². The molecule has 4 heteroatoms. The Labute approximate surface area is 112 Å². The van der Waals surface area contributed by atoms with Gasteiger partial charge in [0.25, 0.3) is 0 Å². The number of hydrogen-bond acceptors (Lipinski definition) is 3. The van der Waals surface area contributed by atoms with Gasteiger partial charge in [0, 0.05) is 6.61 Å². The van der Waals surface area contributed by atoms with Crippen molar-refractivity contribution in [1.29, 1.82) is 0 Å². The molecule has 19 heavy (non-hydrogen) atoms. The summed E-state index contributed by atoms with van der Waals surface area (Å²) in [6.45, 7) is 1.51. The van der Waals surface area contributed by atoms with Gasteiger partial charge in [0.2, 0.25) is 0 Å². The second kappa shape index (κ2) is 7.25. The molecule has 1 atom stereocenters. The molecule has 1 heterocycles. The van der Waals surface area contributed by atoms with E-state index in [-0.39, 0.29) is 24.1 Å². The fraction of sp³-hybridized carbons (Fsp3) is 0.467. The Morgan fingerprint density at radius 3 is 3.11 bits per heavy atom. The SMILES string of the molecule is OCC#Cc1cc(COCC2CCCO2)ccc1F. The third kappa shape index (κ3) is 4.32. The second-order valence-corrected chi connectivity index (χ2v) is 4.42. The van der Waals surface area contributed by atoms with E-state index in [1.807, 2.05) is 0 Å². The van der Waals surface area contributed by atoms with Crippen molar-refractivity contribution in [1.82, 2.24) is 0 Å². The van der Waals surface area contributed by atoms with Crippen LogP contribution in [-0.2, 0) is 16.1 Å². The molecule has 1 aromatic carbocycles. The Kier molecular flexibility index (Phi) is 5.34. The van der Waals surface area contributed by atoms with E-state index in [0.29, 0.717) is 13.2 Å². The van der Waals surface area contributed by atoms with Crippen LogP contribution in [0, 0.1) is 17.7 Å². The standard InChI is InChI=1S/C15H17FO3/c16-15-6-5-12(9-13(15)3-1-7-17)10-18-11-14-4-2-8-19-14/h5-6,9,14,17H,2,4,7-8,10-11H2. The highest BCUT2D eigenvalue weighted by Gasteiger charge is 2.15. The van der Waals surface area contributed by atoms with Crippen molar-refractivity contribution < 1.29 is 19.0 Å². The normalized spacial score (nSPS) is 18.1. The fourth-order valence-corrected chi connectivity index (χ4v) is 1.98. The summed E-state index contributed by atoms with van der Waals surface area (Å²) in [5.74, 6) is 4.63. The Bertz CT molecular complexity index is 470. The molecule has 1 N–H and O–H groups in total. The summed E-state index contributed by atoms with van der Waals surface area (Å²) in [6, 6.07) is 4.69. The summed E-state index contributed by atoms with van der Waals surface area (Å²) < 4.78 is 24.4. The Balaban J connectivity index is 1.89. The third-order valence-corrected chi connectivity index (χ3v) is 2.93. The average Bonchev–Trinajstić information content (AvgIpc) is 2.92. The Hall–Kier alpha value is -1.41. The molecule has 1 aliphatic rings. The Morgan fingerprint density at radius 2 is 2.37 bits per heavy atom. The molecule has 0 bridgehead atoms. The molecule has 0 aliphatic carbocycles. The van der Waals surface area contributed by atoms with Crippen molar-refractivity contribution in [2.45, 2.75) is 25.6 Å². The molecule has 0 amide bonds. The van der Waals surface area contributed by atoms with Gasteiger partial charge < -0.3 is 14.6 Å². The van der Waals surface area contributed by atoms with E-state index < -0.39 is 0 Å². The predicted octanol–water partition coefficient (Wildman–Crippen LogP) is 1.87. The van der Waals surface area contributed by atoms with Crippen LogP contribution in [0.5, 0.6) is 0 Å². The van der Waals surface area contributed by atoms with Gasteiger partial charge in [-0.3, -0.25) is 0 Å². The lowest BCUT2D eigenvalue weighted by Gasteiger charge is -2.10. The first-order valence-corrected chi connectivity index (χ1v) is 6.37. The lowest BCUT2D eigenvalue weighted by Crippen LogP contribution is -2.13. The highest BCUT2D eigenvalue weighted by atomic mass is 19.1. The van der Waals surface area contributed by atoms with Crippen molar-refractivity contribution in [3.8, 4) is 11.8 Å². The zero-order chi connectivity index (χ0) is 13.5. The molecule has 1 unspecified atom stereocenters. The van der Waals surface area contributed by atoms with Crippen LogP contribution in [0.15, 0.2) is 18.2 Å². The zero-order valence-corrected chi connectivity index (χ0v) is 10.7. The number of rotatable bonds is 4. The van der Waals surface area contributed by atoms with E-state index in [1.165, 1.54) is 6.07 Å². The first-order valence-electron chi connectivity index (χ1n) is 6.37. The first-order chi connectivity index (χ1) is 9.29. The minimum atomic E-state index is -0.385. The van der Waals surface area contributed by atoms with Crippen LogP contribution >= 0.6 is 0 Å². The number of benzene rings is 1. The highest BCUT2D eigenvalue weighted by Crippen LogP contribution is 2.14. The van der Waals surface area contributed by atoms with Crippen molar-refractivity contribution in [3.63, 3.8) is 0 Å². The maximum atomic E-state index is 13.4. The summed E-state index contributed by atoms with van der Waals surface area (Å²) >= 11 is 0. The van der Waals surface area contributed by atoms with Gasteiger partial charge in [-0.15, -0.1) is 0 Å². The molecular formula is C15H17FO3. The van der Waals surface area contributed by atoms with E-state index in [2.05, 4.69) is 11.8 Å². The van der Waals surface area contributed by atoms with Crippen LogP contribution < -0.4 is 0 Å². The van der Waals surface area contributed by atoms with Gasteiger partial charge in [0.05, 0.1) is 24.9 Å². The molecule has 1 aromatic rings. The molecule has 3 nitrogen and oxygen atoms in total. The highest BCUT2D eigenvalue weighted by molar-refractivity contribution is 5.38. The molecule has 1 saturated heterocycles. The fourth-order valence-electron chi connectivity index (χ4n) is 1.98. The molecule has 0 spiro atoms. The minimum Gasteiger partial charge on any atom is -0.384 e. The van der Waals surface area contributed by atoms with E-state index in [4.69, 9.17) is 14.6 Å². The summed E-state index contributed by atoms with van der Waals surface area (Å²) in [5.41, 5.74) is 1.15. The third-order valence-electron chi connectivity index (χ3n) is 2.93. The van der Waals surface area contributed by atoms with Gasteiger partial charge >= 0.3 is 0 Å². The average molecular weight is 264 g/mol. The van der Waals surface area contributed by atoms with Crippen molar-refractivity contribution >= 4 is 0 Å². The van der Waals surface area contributed by atoms with Gasteiger partial charge in [-0.1, -0.05) is 17.9 Å². The van der Waals surface area contributed by atoms with Crippen LogP contribution in [0.3, 0.4) is 0 Å². The lowest BCUT2D eigenvalue weighted by molar-refractivity contribution is 0.0106.